The number of carboxylic acid groups (broad SMARTS) is 1. The van der Waals surface area contributed by atoms with Crippen LogP contribution in [0.1, 0.15) is 41.4 Å². The van der Waals surface area contributed by atoms with Gasteiger partial charge < -0.3 is 5.11 Å². The normalized spacial score (nSPS) is 11.7. The van der Waals surface area contributed by atoms with Crippen LogP contribution in [0.5, 0.6) is 0 Å². The number of nitrogens with zero attached hydrogens (tertiary/aromatic N) is 4. The molecule has 0 amide bonds. The highest BCUT2D eigenvalue weighted by Gasteiger charge is 2.11. The first-order chi connectivity index (χ1) is 11.5. The van der Waals surface area contributed by atoms with Crippen molar-refractivity contribution in [2.45, 2.75) is 26.7 Å². The number of pyridine rings is 1. The Balaban J connectivity index is 1.94. The molecule has 6 nitrogen and oxygen atoms in total. The Kier molecular flexibility index (Phi) is 4.12. The molecule has 0 radical (unpaired) electrons. The van der Waals surface area contributed by atoms with E-state index in [2.05, 4.69) is 29.1 Å². The van der Waals surface area contributed by atoms with Gasteiger partial charge in [-0.15, -0.1) is 10.2 Å². The second-order valence-electron chi connectivity index (χ2n) is 5.92. The summed E-state index contributed by atoms with van der Waals surface area (Å²) in [5.74, 6) is 0.0851. The minimum absolute atomic E-state index is 0.195. The molecule has 0 saturated heterocycles. The van der Waals surface area contributed by atoms with Crippen molar-refractivity contribution >= 4 is 23.1 Å². The van der Waals surface area contributed by atoms with Gasteiger partial charge in [0.15, 0.2) is 5.82 Å². The number of rotatable bonds is 4. The number of aromatic carboxylic acids is 1. The highest BCUT2D eigenvalue weighted by molar-refractivity contribution is 5.88. The van der Waals surface area contributed by atoms with E-state index in [1.807, 2.05) is 31.2 Å². The third kappa shape index (κ3) is 3.03. The molecule has 6 heteroatoms. The van der Waals surface area contributed by atoms with E-state index in [0.29, 0.717) is 23.1 Å². The Labute approximate surface area is 139 Å². The molecule has 24 heavy (non-hydrogen) atoms. The number of aryl methyl sites for hydroxylation is 1. The maximum Gasteiger partial charge on any atom is 0.335 e. The molecule has 1 aromatic carbocycles. The Bertz CT molecular complexity index is 924. The van der Waals surface area contributed by atoms with Gasteiger partial charge in [-0.3, -0.25) is 4.40 Å². The minimum Gasteiger partial charge on any atom is -0.478 e. The fourth-order valence-electron chi connectivity index (χ4n) is 2.43. The second kappa shape index (κ2) is 6.23. The smallest absolute Gasteiger partial charge is 0.335 e. The van der Waals surface area contributed by atoms with Crippen LogP contribution < -0.4 is 0 Å². The number of aromatic nitrogens is 2. The molecular formula is C18H18N4O2. The van der Waals surface area contributed by atoms with Crippen molar-refractivity contribution in [2.24, 2.45) is 10.2 Å². The van der Waals surface area contributed by atoms with Crippen molar-refractivity contribution in [3.05, 3.63) is 59.4 Å². The molecule has 0 aliphatic heterocycles. The van der Waals surface area contributed by atoms with E-state index in [0.717, 1.165) is 5.69 Å². The molecule has 2 aromatic heterocycles. The molecule has 0 fully saturated rings. The number of carbonyl (C=O) groups is 1. The summed E-state index contributed by atoms with van der Waals surface area (Å²) in [7, 11) is 0. The van der Waals surface area contributed by atoms with Gasteiger partial charge in [-0.2, -0.15) is 0 Å². The van der Waals surface area contributed by atoms with E-state index in [-0.39, 0.29) is 5.56 Å². The van der Waals surface area contributed by atoms with E-state index in [1.54, 1.807) is 10.6 Å². The van der Waals surface area contributed by atoms with E-state index < -0.39 is 5.97 Å². The lowest BCUT2D eigenvalue weighted by molar-refractivity contribution is 0.0697. The third-order valence-electron chi connectivity index (χ3n) is 3.84. The van der Waals surface area contributed by atoms with E-state index >= 15 is 0 Å². The van der Waals surface area contributed by atoms with Gasteiger partial charge in [0.25, 0.3) is 0 Å². The Hall–Kier alpha value is -3.02. The first-order valence-electron chi connectivity index (χ1n) is 7.69. The summed E-state index contributed by atoms with van der Waals surface area (Å²) in [6.07, 6.45) is 1.65. The van der Waals surface area contributed by atoms with Crippen LogP contribution in [0.3, 0.4) is 0 Å². The van der Waals surface area contributed by atoms with Crippen LogP contribution in [0.25, 0.3) is 5.65 Å². The van der Waals surface area contributed by atoms with Crippen LogP contribution in [0.15, 0.2) is 52.8 Å². The van der Waals surface area contributed by atoms with Crippen molar-refractivity contribution < 1.29 is 9.90 Å². The molecule has 3 aromatic rings. The zero-order valence-electron chi connectivity index (χ0n) is 13.8. The number of hydrogen-bond acceptors (Lipinski definition) is 4. The molecule has 0 aliphatic rings. The first kappa shape index (κ1) is 15.9. The zero-order chi connectivity index (χ0) is 17.3. The van der Waals surface area contributed by atoms with Gasteiger partial charge in [0.1, 0.15) is 5.65 Å². The highest BCUT2D eigenvalue weighted by Crippen LogP contribution is 2.25. The van der Waals surface area contributed by atoms with Crippen LogP contribution in [-0.4, -0.2) is 20.5 Å². The quantitative estimate of drug-likeness (QED) is 0.695. The number of hydrogen-bond donors (Lipinski definition) is 1. The van der Waals surface area contributed by atoms with Crippen LogP contribution >= 0.6 is 0 Å². The van der Waals surface area contributed by atoms with Gasteiger partial charge in [0.05, 0.1) is 16.9 Å². The molecule has 3 rings (SSSR count). The largest absolute Gasteiger partial charge is 0.478 e. The molecule has 0 aliphatic carbocycles. The Morgan fingerprint density at radius 2 is 1.88 bits per heavy atom. The predicted molar refractivity (Wildman–Crippen MR) is 91.6 cm³/mol. The standard InChI is InChI=1S/C18H18N4O2/c1-11(2)13-4-6-15(7-5-13)20-21-17-12(3)19-16-10-14(18(23)24)8-9-22(16)17/h4-11H,1-3H3,(H,23,24). The second-order valence-corrected chi connectivity index (χ2v) is 5.92. The Morgan fingerprint density at radius 3 is 2.50 bits per heavy atom. The first-order valence-corrected chi connectivity index (χ1v) is 7.69. The van der Waals surface area contributed by atoms with Crippen LogP contribution in [-0.2, 0) is 0 Å². The lowest BCUT2D eigenvalue weighted by atomic mass is 10.0. The summed E-state index contributed by atoms with van der Waals surface area (Å²) in [5.41, 5.74) is 3.44. The van der Waals surface area contributed by atoms with Gasteiger partial charge in [-0.1, -0.05) is 26.0 Å². The SMILES string of the molecule is Cc1nc2cc(C(=O)O)ccn2c1N=Nc1ccc(C(C)C)cc1. The van der Waals surface area contributed by atoms with E-state index in [9.17, 15) is 4.79 Å². The molecule has 122 valence electrons. The number of benzene rings is 1. The van der Waals surface area contributed by atoms with Gasteiger partial charge in [-0.05, 0) is 42.7 Å². The molecule has 0 saturated carbocycles. The number of carboxylic acids is 1. The molecule has 0 atom stereocenters. The van der Waals surface area contributed by atoms with Crippen molar-refractivity contribution in [1.29, 1.82) is 0 Å². The summed E-state index contributed by atoms with van der Waals surface area (Å²) in [6, 6.07) is 11.0. The van der Waals surface area contributed by atoms with Crippen molar-refractivity contribution in [2.75, 3.05) is 0 Å². The van der Waals surface area contributed by atoms with Crippen LogP contribution in [0.2, 0.25) is 0 Å². The summed E-state index contributed by atoms with van der Waals surface area (Å²) >= 11 is 0. The van der Waals surface area contributed by atoms with Crippen molar-refractivity contribution in [3.63, 3.8) is 0 Å². The van der Waals surface area contributed by atoms with E-state index in [4.69, 9.17) is 5.11 Å². The zero-order valence-corrected chi connectivity index (χ0v) is 13.8. The van der Waals surface area contributed by atoms with E-state index in [1.165, 1.54) is 17.7 Å². The highest BCUT2D eigenvalue weighted by atomic mass is 16.4. The number of fused-ring (bicyclic) bond motifs is 1. The van der Waals surface area contributed by atoms with Crippen LogP contribution in [0, 0.1) is 6.92 Å². The van der Waals surface area contributed by atoms with Crippen molar-refractivity contribution in [3.8, 4) is 0 Å². The molecule has 0 unspecified atom stereocenters. The van der Waals surface area contributed by atoms with Crippen LogP contribution in [0.4, 0.5) is 11.5 Å². The van der Waals surface area contributed by atoms with Gasteiger partial charge in [-0.25, -0.2) is 9.78 Å². The average molecular weight is 322 g/mol. The Morgan fingerprint density at radius 1 is 1.17 bits per heavy atom. The molecule has 0 bridgehead atoms. The topological polar surface area (TPSA) is 79.3 Å². The summed E-state index contributed by atoms with van der Waals surface area (Å²) in [6.45, 7) is 6.11. The molecule has 2 heterocycles. The third-order valence-corrected chi connectivity index (χ3v) is 3.84. The lowest BCUT2D eigenvalue weighted by Gasteiger charge is -2.04. The number of imidazole rings is 1. The predicted octanol–water partition coefficient (Wildman–Crippen LogP) is 4.88. The summed E-state index contributed by atoms with van der Waals surface area (Å²) < 4.78 is 1.73. The van der Waals surface area contributed by atoms with Gasteiger partial charge in [0, 0.05) is 6.20 Å². The number of azo groups is 1. The lowest BCUT2D eigenvalue weighted by Crippen LogP contribution is -1.97. The van der Waals surface area contributed by atoms with Crippen molar-refractivity contribution in [1.82, 2.24) is 9.38 Å². The summed E-state index contributed by atoms with van der Waals surface area (Å²) in [4.78, 5) is 15.4. The maximum absolute atomic E-state index is 11.0. The molecule has 0 spiro atoms. The maximum atomic E-state index is 11.0. The minimum atomic E-state index is -0.980. The molecular weight excluding hydrogens is 304 g/mol. The molecule has 1 N–H and O–H groups in total. The van der Waals surface area contributed by atoms with Gasteiger partial charge in [0.2, 0.25) is 0 Å². The fourth-order valence-corrected chi connectivity index (χ4v) is 2.43. The summed E-state index contributed by atoms with van der Waals surface area (Å²) in [5, 5.41) is 17.6. The fraction of sp³-hybridized carbons (Fsp3) is 0.222. The average Bonchev–Trinajstić information content (AvgIpc) is 2.87. The monoisotopic (exact) mass is 322 g/mol. The van der Waals surface area contributed by atoms with Gasteiger partial charge >= 0.3 is 5.97 Å².